The Bertz CT molecular complexity index is 595. The Morgan fingerprint density at radius 1 is 1.26 bits per heavy atom. The zero-order valence-electron chi connectivity index (χ0n) is 10.4. The van der Waals surface area contributed by atoms with Crippen molar-refractivity contribution in [2.45, 2.75) is 11.5 Å². The zero-order valence-corrected chi connectivity index (χ0v) is 12.7. The lowest BCUT2D eigenvalue weighted by Gasteiger charge is -2.02. The third-order valence-electron chi connectivity index (χ3n) is 2.45. The van der Waals surface area contributed by atoms with Crippen molar-refractivity contribution in [3.05, 3.63) is 56.7 Å². The normalized spacial score (nSPS) is 10.0. The van der Waals surface area contributed by atoms with Crippen molar-refractivity contribution in [1.29, 1.82) is 0 Å². The third-order valence-corrected chi connectivity index (χ3v) is 4.97. The number of thioether (sulfide) groups is 1. The van der Waals surface area contributed by atoms with Crippen LogP contribution >= 0.6 is 34.7 Å². The highest BCUT2D eigenvalue weighted by atomic mass is 35.5. The first kappa shape index (κ1) is 14.5. The second-order valence-corrected chi connectivity index (χ2v) is 6.28. The van der Waals surface area contributed by atoms with E-state index in [9.17, 15) is 0 Å². The highest BCUT2D eigenvalue weighted by molar-refractivity contribution is 7.97. The van der Waals surface area contributed by atoms with Crippen molar-refractivity contribution in [3.8, 4) is 11.8 Å². The van der Waals surface area contributed by atoms with Crippen molar-refractivity contribution < 1.29 is 0 Å². The topological polar surface area (TPSA) is 26.0 Å². The molecule has 0 aliphatic carbocycles. The summed E-state index contributed by atoms with van der Waals surface area (Å²) in [5.74, 6) is 7.83. The molecule has 0 unspecified atom stereocenters. The number of thiophene rings is 1. The molecule has 0 spiro atoms. The summed E-state index contributed by atoms with van der Waals surface area (Å²) in [4.78, 5) is 1.33. The molecule has 2 rings (SSSR count). The van der Waals surface area contributed by atoms with E-state index in [4.69, 9.17) is 17.3 Å². The van der Waals surface area contributed by atoms with Gasteiger partial charge in [0, 0.05) is 32.3 Å². The van der Waals surface area contributed by atoms with Gasteiger partial charge in [-0.05, 0) is 17.7 Å². The van der Waals surface area contributed by atoms with Crippen molar-refractivity contribution in [2.75, 3.05) is 6.54 Å². The van der Waals surface area contributed by atoms with Crippen LogP contribution in [0.3, 0.4) is 0 Å². The molecule has 0 saturated carbocycles. The van der Waals surface area contributed by atoms with Crippen molar-refractivity contribution >= 4 is 34.7 Å². The van der Waals surface area contributed by atoms with Crippen molar-refractivity contribution in [1.82, 2.24) is 0 Å². The van der Waals surface area contributed by atoms with E-state index in [1.807, 2.05) is 30.0 Å². The maximum atomic E-state index is 6.13. The fourth-order valence-electron chi connectivity index (χ4n) is 1.55. The van der Waals surface area contributed by atoms with Gasteiger partial charge >= 0.3 is 0 Å². The quantitative estimate of drug-likeness (QED) is 0.859. The molecule has 0 amide bonds. The second kappa shape index (κ2) is 7.62. The van der Waals surface area contributed by atoms with Crippen LogP contribution in [0.15, 0.2) is 35.7 Å². The van der Waals surface area contributed by atoms with E-state index in [0.717, 1.165) is 22.1 Å². The first-order valence-corrected chi connectivity index (χ1v) is 8.28. The molecule has 0 saturated heterocycles. The Balaban J connectivity index is 1.86. The van der Waals surface area contributed by atoms with Crippen LogP contribution in [0.25, 0.3) is 0 Å². The zero-order chi connectivity index (χ0) is 13.5. The molecule has 0 atom stereocenters. The van der Waals surface area contributed by atoms with Crippen LogP contribution in [-0.4, -0.2) is 6.54 Å². The number of hydrogen-bond donors (Lipinski definition) is 1. The van der Waals surface area contributed by atoms with E-state index in [1.165, 1.54) is 10.4 Å². The van der Waals surface area contributed by atoms with Crippen LogP contribution in [0.2, 0.25) is 5.02 Å². The Morgan fingerprint density at radius 2 is 2.11 bits per heavy atom. The molecule has 0 radical (unpaired) electrons. The third kappa shape index (κ3) is 4.59. The van der Waals surface area contributed by atoms with Gasteiger partial charge in [-0.15, -0.1) is 11.3 Å². The number of nitrogens with two attached hydrogens (primary N) is 1. The van der Waals surface area contributed by atoms with E-state index < -0.39 is 0 Å². The van der Waals surface area contributed by atoms with Crippen LogP contribution in [0.1, 0.15) is 16.0 Å². The fourth-order valence-corrected chi connectivity index (χ4v) is 3.81. The lowest BCUT2D eigenvalue weighted by molar-refractivity contribution is 1.30. The SMILES string of the molecule is NCC#Cc1csc(CSCc2ccccc2Cl)c1. The predicted octanol–water partition coefficient (Wildman–Crippen LogP) is 4.15. The summed E-state index contributed by atoms with van der Waals surface area (Å²) in [6, 6.07) is 10.1. The van der Waals surface area contributed by atoms with Crippen LogP contribution < -0.4 is 5.73 Å². The Hall–Kier alpha value is -0.920. The molecule has 2 N–H and O–H groups in total. The van der Waals surface area contributed by atoms with Crippen LogP contribution in [0, 0.1) is 11.8 Å². The largest absolute Gasteiger partial charge is 0.320 e. The fraction of sp³-hybridized carbons (Fsp3) is 0.200. The highest BCUT2D eigenvalue weighted by Gasteiger charge is 2.01. The van der Waals surface area contributed by atoms with E-state index in [-0.39, 0.29) is 0 Å². The average molecular weight is 308 g/mol. The van der Waals surface area contributed by atoms with Gasteiger partial charge in [-0.3, -0.25) is 0 Å². The van der Waals surface area contributed by atoms with Gasteiger partial charge in [0.15, 0.2) is 0 Å². The lowest BCUT2D eigenvalue weighted by atomic mass is 10.2. The van der Waals surface area contributed by atoms with Crippen molar-refractivity contribution in [2.24, 2.45) is 5.73 Å². The number of rotatable bonds is 4. The Morgan fingerprint density at radius 3 is 2.89 bits per heavy atom. The second-order valence-electron chi connectivity index (χ2n) is 3.89. The number of hydrogen-bond acceptors (Lipinski definition) is 3. The molecule has 1 heterocycles. The molecule has 1 nitrogen and oxygen atoms in total. The summed E-state index contributed by atoms with van der Waals surface area (Å²) in [6.45, 7) is 0.409. The van der Waals surface area contributed by atoms with E-state index in [0.29, 0.717) is 6.54 Å². The van der Waals surface area contributed by atoms with Gasteiger partial charge in [0.05, 0.1) is 6.54 Å². The van der Waals surface area contributed by atoms with Crippen LogP contribution in [0.4, 0.5) is 0 Å². The van der Waals surface area contributed by atoms with E-state index in [2.05, 4.69) is 29.4 Å². The predicted molar refractivity (Wildman–Crippen MR) is 86.7 cm³/mol. The molecule has 4 heteroatoms. The minimum Gasteiger partial charge on any atom is -0.320 e. The minimum atomic E-state index is 0.409. The Kier molecular flexibility index (Phi) is 5.81. The smallest absolute Gasteiger partial charge is 0.0555 e. The van der Waals surface area contributed by atoms with E-state index in [1.54, 1.807) is 11.3 Å². The summed E-state index contributed by atoms with van der Waals surface area (Å²) in [5, 5.41) is 2.92. The van der Waals surface area contributed by atoms with Gasteiger partial charge in [-0.1, -0.05) is 41.6 Å². The molecular weight excluding hydrogens is 294 g/mol. The number of halogens is 1. The Labute approximate surface area is 127 Å². The number of benzene rings is 1. The maximum Gasteiger partial charge on any atom is 0.0555 e. The standard InChI is InChI=1S/C15H14ClNS2/c16-15-6-2-1-5-13(15)10-18-11-14-8-12(9-19-14)4-3-7-17/h1-2,5-6,8-9H,7,10-11,17H2. The molecule has 98 valence electrons. The molecule has 1 aromatic carbocycles. The summed E-state index contributed by atoms with van der Waals surface area (Å²) >= 11 is 9.73. The summed E-state index contributed by atoms with van der Waals surface area (Å²) in [5.41, 5.74) is 7.60. The van der Waals surface area contributed by atoms with Crippen LogP contribution in [-0.2, 0) is 11.5 Å². The monoisotopic (exact) mass is 307 g/mol. The van der Waals surface area contributed by atoms with Gasteiger partial charge < -0.3 is 5.73 Å². The molecule has 0 aliphatic rings. The first-order chi connectivity index (χ1) is 9.29. The van der Waals surface area contributed by atoms with Crippen LogP contribution in [0.5, 0.6) is 0 Å². The molecule has 0 aliphatic heterocycles. The molecular formula is C15H14ClNS2. The van der Waals surface area contributed by atoms with Crippen molar-refractivity contribution in [3.63, 3.8) is 0 Å². The summed E-state index contributed by atoms with van der Waals surface area (Å²) < 4.78 is 0. The molecule has 1 aromatic heterocycles. The highest BCUT2D eigenvalue weighted by Crippen LogP contribution is 2.25. The van der Waals surface area contributed by atoms with Gasteiger partial charge in [-0.2, -0.15) is 11.8 Å². The summed E-state index contributed by atoms with van der Waals surface area (Å²) in [7, 11) is 0. The maximum absolute atomic E-state index is 6.13. The molecule has 2 aromatic rings. The van der Waals surface area contributed by atoms with Gasteiger partial charge in [0.1, 0.15) is 0 Å². The average Bonchev–Trinajstić information content (AvgIpc) is 2.86. The summed E-state index contributed by atoms with van der Waals surface area (Å²) in [6.07, 6.45) is 0. The first-order valence-electron chi connectivity index (χ1n) is 5.87. The van der Waals surface area contributed by atoms with Gasteiger partial charge in [0.2, 0.25) is 0 Å². The molecule has 19 heavy (non-hydrogen) atoms. The lowest BCUT2D eigenvalue weighted by Crippen LogP contribution is -1.92. The molecule has 0 fully saturated rings. The van der Waals surface area contributed by atoms with E-state index >= 15 is 0 Å². The van der Waals surface area contributed by atoms with Gasteiger partial charge in [-0.25, -0.2) is 0 Å². The van der Waals surface area contributed by atoms with Gasteiger partial charge in [0.25, 0.3) is 0 Å². The minimum absolute atomic E-state index is 0.409. The molecule has 0 bridgehead atoms.